The molecular formula is C14H16O9. The summed E-state index contributed by atoms with van der Waals surface area (Å²) in [5, 5.41) is 49.3. The number of aliphatic hydroxyl groups excluding tert-OH is 3. The first kappa shape index (κ1) is 15.8. The number of hydrogen-bond donors (Lipinski definition) is 5. The first-order chi connectivity index (χ1) is 10.9. The van der Waals surface area contributed by atoms with Crippen molar-refractivity contribution < 1.29 is 44.5 Å². The largest absolute Gasteiger partial charge is 0.504 e. The summed E-state index contributed by atoms with van der Waals surface area (Å²) in [6, 6.07) is 1.06. The standard InChI is InChI=1S/C14H16O9/c1-21-11-5(16)2-4-7(9(11)18)12-13(23-14(4)20)10(19)8(17)6(3-15)22-12/h2,6,8,10,12-13,15-19H,3H2,1H3/t6-,8+,10+,12+,13-/m0/s1. The van der Waals surface area contributed by atoms with Crippen molar-refractivity contribution in [3.8, 4) is 17.2 Å². The van der Waals surface area contributed by atoms with Gasteiger partial charge in [-0.1, -0.05) is 0 Å². The Bertz CT molecular complexity index is 644. The van der Waals surface area contributed by atoms with Crippen LogP contribution in [0.15, 0.2) is 6.07 Å². The summed E-state index contributed by atoms with van der Waals surface area (Å²) in [6.07, 6.45) is -6.50. The maximum Gasteiger partial charge on any atom is 0.339 e. The SMILES string of the molecule is COc1c(O)cc2c(c1O)[C@H]1O[C@@H](CO)[C@@H](O)[C@@H](O)[C@@H]1OC2=O. The molecule has 2 aliphatic heterocycles. The quantitative estimate of drug-likeness (QED) is 0.422. The number of aliphatic hydroxyl groups is 3. The van der Waals surface area contributed by atoms with E-state index in [0.29, 0.717) is 0 Å². The van der Waals surface area contributed by atoms with Crippen molar-refractivity contribution in [3.05, 3.63) is 17.2 Å². The summed E-state index contributed by atoms with van der Waals surface area (Å²) in [4.78, 5) is 12.1. The van der Waals surface area contributed by atoms with E-state index >= 15 is 0 Å². The third kappa shape index (κ3) is 2.20. The van der Waals surface area contributed by atoms with Crippen molar-refractivity contribution in [2.45, 2.75) is 30.5 Å². The number of carbonyl (C=O) groups excluding carboxylic acids is 1. The molecule has 0 amide bonds. The van der Waals surface area contributed by atoms with Gasteiger partial charge in [0.05, 0.1) is 19.3 Å². The molecule has 0 aromatic heterocycles. The minimum absolute atomic E-state index is 0.0368. The van der Waals surface area contributed by atoms with Gasteiger partial charge in [0.15, 0.2) is 17.6 Å². The fraction of sp³-hybridized carbons (Fsp3) is 0.500. The van der Waals surface area contributed by atoms with Crippen molar-refractivity contribution >= 4 is 5.97 Å². The molecule has 2 heterocycles. The average molecular weight is 328 g/mol. The number of rotatable bonds is 2. The van der Waals surface area contributed by atoms with Gasteiger partial charge < -0.3 is 39.7 Å². The third-order valence-corrected chi connectivity index (χ3v) is 4.09. The number of phenolic OH excluding ortho intramolecular Hbond substituents is 2. The second kappa shape index (κ2) is 5.53. The van der Waals surface area contributed by atoms with Crippen LogP contribution in [0.5, 0.6) is 17.2 Å². The Morgan fingerprint density at radius 3 is 2.57 bits per heavy atom. The number of methoxy groups -OCH3 is 1. The van der Waals surface area contributed by atoms with Gasteiger partial charge in [-0.15, -0.1) is 0 Å². The highest BCUT2D eigenvalue weighted by atomic mass is 16.6. The molecule has 1 aromatic carbocycles. The summed E-state index contributed by atoms with van der Waals surface area (Å²) in [5.74, 6) is -2.16. The highest BCUT2D eigenvalue weighted by Gasteiger charge is 2.52. The third-order valence-electron chi connectivity index (χ3n) is 4.09. The van der Waals surface area contributed by atoms with E-state index in [1.807, 2.05) is 0 Å². The molecule has 0 saturated carbocycles. The monoisotopic (exact) mass is 328 g/mol. The molecule has 126 valence electrons. The molecule has 2 aliphatic rings. The predicted octanol–water partition coefficient (Wildman–Crippen LogP) is -1.20. The maximum absolute atomic E-state index is 12.1. The second-order valence-electron chi connectivity index (χ2n) is 5.37. The lowest BCUT2D eigenvalue weighted by Crippen LogP contribution is -2.58. The van der Waals surface area contributed by atoms with E-state index in [4.69, 9.17) is 14.2 Å². The Morgan fingerprint density at radius 2 is 1.96 bits per heavy atom. The molecule has 1 fully saturated rings. The molecule has 1 aromatic rings. The first-order valence-electron chi connectivity index (χ1n) is 6.87. The minimum atomic E-state index is -1.51. The Labute approximate surface area is 130 Å². The van der Waals surface area contributed by atoms with Gasteiger partial charge in [-0.25, -0.2) is 4.79 Å². The molecular weight excluding hydrogens is 312 g/mol. The Kier molecular flexibility index (Phi) is 3.80. The topological polar surface area (TPSA) is 146 Å². The van der Waals surface area contributed by atoms with Crippen LogP contribution in [0, 0.1) is 0 Å². The molecule has 9 heteroatoms. The number of hydrogen-bond acceptors (Lipinski definition) is 9. The van der Waals surface area contributed by atoms with Crippen LogP contribution in [0.1, 0.15) is 22.0 Å². The number of ether oxygens (including phenoxy) is 3. The maximum atomic E-state index is 12.1. The normalized spacial score (nSPS) is 32.7. The van der Waals surface area contributed by atoms with Gasteiger partial charge in [-0.3, -0.25) is 0 Å². The average Bonchev–Trinajstić information content (AvgIpc) is 2.52. The number of esters is 1. The number of aromatic hydroxyl groups is 2. The van der Waals surface area contributed by atoms with Gasteiger partial charge in [-0.2, -0.15) is 0 Å². The van der Waals surface area contributed by atoms with Crippen LogP contribution in [0.2, 0.25) is 0 Å². The zero-order valence-electron chi connectivity index (χ0n) is 12.0. The summed E-state index contributed by atoms with van der Waals surface area (Å²) >= 11 is 0. The molecule has 0 unspecified atom stereocenters. The molecule has 5 atom stereocenters. The molecule has 3 rings (SSSR count). The van der Waals surface area contributed by atoms with E-state index in [9.17, 15) is 30.3 Å². The zero-order valence-corrected chi connectivity index (χ0v) is 12.0. The molecule has 23 heavy (non-hydrogen) atoms. The molecule has 0 radical (unpaired) electrons. The van der Waals surface area contributed by atoms with Crippen molar-refractivity contribution in [1.82, 2.24) is 0 Å². The Hall–Kier alpha value is -2.07. The van der Waals surface area contributed by atoms with E-state index in [0.717, 1.165) is 6.07 Å². The van der Waals surface area contributed by atoms with E-state index in [-0.39, 0.29) is 16.9 Å². The van der Waals surface area contributed by atoms with Gasteiger partial charge in [-0.05, 0) is 6.07 Å². The molecule has 0 spiro atoms. The molecule has 0 aliphatic carbocycles. The lowest BCUT2D eigenvalue weighted by molar-refractivity contribution is -0.235. The van der Waals surface area contributed by atoms with Crippen LogP contribution < -0.4 is 4.74 Å². The van der Waals surface area contributed by atoms with Crippen LogP contribution in [0.25, 0.3) is 0 Å². The van der Waals surface area contributed by atoms with Crippen LogP contribution in [0.4, 0.5) is 0 Å². The Morgan fingerprint density at radius 1 is 1.26 bits per heavy atom. The van der Waals surface area contributed by atoms with Crippen molar-refractivity contribution in [2.75, 3.05) is 13.7 Å². The summed E-state index contributed by atoms with van der Waals surface area (Å²) in [7, 11) is 1.22. The molecule has 1 saturated heterocycles. The Balaban J connectivity index is 2.16. The number of benzene rings is 1. The number of phenols is 2. The number of carbonyl (C=O) groups is 1. The van der Waals surface area contributed by atoms with E-state index in [1.54, 1.807) is 0 Å². The highest BCUT2D eigenvalue weighted by Crippen LogP contribution is 2.49. The van der Waals surface area contributed by atoms with Gasteiger partial charge in [0.25, 0.3) is 0 Å². The minimum Gasteiger partial charge on any atom is -0.504 e. The van der Waals surface area contributed by atoms with E-state index in [1.165, 1.54) is 7.11 Å². The lowest BCUT2D eigenvalue weighted by atomic mass is 9.86. The summed E-state index contributed by atoms with van der Waals surface area (Å²) in [6.45, 7) is -0.583. The molecule has 0 bridgehead atoms. The van der Waals surface area contributed by atoms with Crippen molar-refractivity contribution in [1.29, 1.82) is 0 Å². The van der Waals surface area contributed by atoms with Crippen LogP contribution in [-0.4, -0.2) is 69.6 Å². The van der Waals surface area contributed by atoms with Gasteiger partial charge in [0.2, 0.25) is 5.75 Å². The highest BCUT2D eigenvalue weighted by molar-refractivity contribution is 5.95. The summed E-state index contributed by atoms with van der Waals surface area (Å²) < 4.78 is 15.4. The number of fused-ring (bicyclic) bond motifs is 3. The van der Waals surface area contributed by atoms with Crippen molar-refractivity contribution in [3.63, 3.8) is 0 Å². The van der Waals surface area contributed by atoms with E-state index < -0.39 is 54.6 Å². The predicted molar refractivity (Wildman–Crippen MR) is 72.2 cm³/mol. The van der Waals surface area contributed by atoms with Gasteiger partial charge >= 0.3 is 5.97 Å². The summed E-state index contributed by atoms with van der Waals surface area (Å²) in [5.41, 5.74) is -0.187. The fourth-order valence-electron chi connectivity index (χ4n) is 2.95. The molecule has 9 nitrogen and oxygen atoms in total. The molecule has 5 N–H and O–H groups in total. The van der Waals surface area contributed by atoms with Crippen LogP contribution in [0.3, 0.4) is 0 Å². The van der Waals surface area contributed by atoms with Crippen LogP contribution in [-0.2, 0) is 9.47 Å². The lowest BCUT2D eigenvalue weighted by Gasteiger charge is -2.44. The smallest absolute Gasteiger partial charge is 0.339 e. The first-order valence-corrected chi connectivity index (χ1v) is 6.87. The van der Waals surface area contributed by atoms with Crippen LogP contribution >= 0.6 is 0 Å². The van der Waals surface area contributed by atoms with Gasteiger partial charge in [0.1, 0.15) is 24.4 Å². The second-order valence-corrected chi connectivity index (χ2v) is 5.37. The van der Waals surface area contributed by atoms with Crippen molar-refractivity contribution in [2.24, 2.45) is 0 Å². The zero-order chi connectivity index (χ0) is 16.9. The van der Waals surface area contributed by atoms with Gasteiger partial charge in [0, 0.05) is 5.56 Å². The fourth-order valence-corrected chi connectivity index (χ4v) is 2.95. The van der Waals surface area contributed by atoms with E-state index in [2.05, 4.69) is 0 Å².